The number of hydrogen-bond acceptors (Lipinski definition) is 3. The lowest BCUT2D eigenvalue weighted by Crippen LogP contribution is -2.03. The second-order valence-corrected chi connectivity index (χ2v) is 6.77. The molecule has 0 atom stereocenters. The van der Waals surface area contributed by atoms with Crippen LogP contribution in [0.4, 0.5) is 0 Å². The smallest absolute Gasteiger partial charge is 0.335 e. The van der Waals surface area contributed by atoms with Crippen LogP contribution in [0.15, 0.2) is 84.9 Å². The van der Waals surface area contributed by atoms with E-state index in [-0.39, 0.29) is 16.9 Å². The number of benzene rings is 4. The van der Waals surface area contributed by atoms with Crippen LogP contribution in [0.5, 0.6) is 11.5 Å². The van der Waals surface area contributed by atoms with Gasteiger partial charge in [-0.25, -0.2) is 9.59 Å². The summed E-state index contributed by atoms with van der Waals surface area (Å²) in [7, 11) is 0. The maximum atomic E-state index is 11.3. The zero-order valence-corrected chi connectivity index (χ0v) is 16.2. The maximum Gasteiger partial charge on any atom is 0.335 e. The number of carboxylic acid groups (broad SMARTS) is 2. The molecule has 0 aromatic heterocycles. The van der Waals surface area contributed by atoms with Gasteiger partial charge in [-0.1, -0.05) is 54.3 Å². The fourth-order valence-corrected chi connectivity index (χ4v) is 3.10. The SMILES string of the molecule is O=C(O)c1cc(Oc2ccccc2C#Cc2ccc3ccccc3c2)cc(C(=O)O)c1. The highest BCUT2D eigenvalue weighted by atomic mass is 16.5. The second kappa shape index (κ2) is 8.44. The van der Waals surface area contributed by atoms with Crippen molar-refractivity contribution in [2.75, 3.05) is 0 Å². The van der Waals surface area contributed by atoms with Crippen LogP contribution in [-0.4, -0.2) is 22.2 Å². The van der Waals surface area contributed by atoms with Crippen molar-refractivity contribution < 1.29 is 24.5 Å². The van der Waals surface area contributed by atoms with Crippen molar-refractivity contribution >= 4 is 22.7 Å². The molecule has 0 aliphatic heterocycles. The fraction of sp³-hybridized carbons (Fsp3) is 0. The minimum Gasteiger partial charge on any atom is -0.478 e. The van der Waals surface area contributed by atoms with Gasteiger partial charge in [0.05, 0.1) is 16.7 Å². The molecular weight excluding hydrogens is 392 g/mol. The Bertz CT molecular complexity index is 1340. The first kappa shape index (κ1) is 19.7. The number of fused-ring (bicyclic) bond motifs is 1. The number of carbonyl (C=O) groups is 2. The number of para-hydroxylation sites is 1. The van der Waals surface area contributed by atoms with Crippen LogP contribution in [0.1, 0.15) is 31.8 Å². The highest BCUT2D eigenvalue weighted by Crippen LogP contribution is 2.27. The predicted octanol–water partition coefficient (Wildman–Crippen LogP) is 5.43. The molecule has 0 aliphatic carbocycles. The standard InChI is InChI=1S/C26H16O5/c27-25(28)21-14-22(26(29)30)16-23(15-21)31-24-8-4-3-6-19(24)12-10-17-9-11-18-5-1-2-7-20(18)13-17/h1-9,11,13-16H,(H,27,28)(H,29,30). The molecule has 4 aromatic rings. The topological polar surface area (TPSA) is 83.8 Å². The highest BCUT2D eigenvalue weighted by molar-refractivity contribution is 5.94. The molecule has 0 saturated heterocycles. The third-order valence-corrected chi connectivity index (χ3v) is 4.61. The van der Waals surface area contributed by atoms with Crippen molar-refractivity contribution in [3.63, 3.8) is 0 Å². The largest absolute Gasteiger partial charge is 0.478 e. The molecule has 0 radical (unpaired) electrons. The first-order valence-electron chi connectivity index (χ1n) is 9.39. The zero-order valence-electron chi connectivity index (χ0n) is 16.2. The van der Waals surface area contributed by atoms with Crippen LogP contribution in [0.2, 0.25) is 0 Å². The lowest BCUT2D eigenvalue weighted by atomic mass is 10.1. The second-order valence-electron chi connectivity index (χ2n) is 6.77. The molecule has 0 amide bonds. The van der Waals surface area contributed by atoms with Gasteiger partial charge in [0.25, 0.3) is 0 Å². The molecule has 0 heterocycles. The molecule has 4 rings (SSSR count). The number of hydrogen-bond donors (Lipinski definition) is 2. The number of rotatable bonds is 4. The monoisotopic (exact) mass is 408 g/mol. The molecule has 5 heteroatoms. The normalized spacial score (nSPS) is 10.2. The Hall–Kier alpha value is -4.56. The van der Waals surface area contributed by atoms with Crippen molar-refractivity contribution in [3.8, 4) is 23.3 Å². The van der Waals surface area contributed by atoms with Gasteiger partial charge in [0.2, 0.25) is 0 Å². The van der Waals surface area contributed by atoms with Gasteiger partial charge in [-0.2, -0.15) is 0 Å². The summed E-state index contributed by atoms with van der Waals surface area (Å²) in [6, 6.07) is 24.6. The van der Waals surface area contributed by atoms with Crippen LogP contribution < -0.4 is 4.74 Å². The minimum atomic E-state index is -1.24. The molecule has 0 spiro atoms. The predicted molar refractivity (Wildman–Crippen MR) is 117 cm³/mol. The Morgan fingerprint density at radius 3 is 2.03 bits per heavy atom. The quantitative estimate of drug-likeness (QED) is 0.440. The van der Waals surface area contributed by atoms with Gasteiger partial charge < -0.3 is 14.9 Å². The van der Waals surface area contributed by atoms with E-state index in [1.807, 2.05) is 48.5 Å². The third-order valence-electron chi connectivity index (χ3n) is 4.61. The Morgan fingerprint density at radius 2 is 1.32 bits per heavy atom. The Balaban J connectivity index is 1.68. The summed E-state index contributed by atoms with van der Waals surface area (Å²) in [5.41, 5.74) is 1.09. The first-order chi connectivity index (χ1) is 15.0. The summed E-state index contributed by atoms with van der Waals surface area (Å²) in [5, 5.41) is 20.7. The van der Waals surface area contributed by atoms with E-state index in [4.69, 9.17) is 4.74 Å². The number of aromatic carboxylic acids is 2. The molecule has 0 unspecified atom stereocenters. The molecule has 0 fully saturated rings. The van der Waals surface area contributed by atoms with Crippen LogP contribution in [0, 0.1) is 11.8 Å². The third kappa shape index (κ3) is 4.55. The fourth-order valence-electron chi connectivity index (χ4n) is 3.10. The van der Waals surface area contributed by atoms with Crippen molar-refractivity contribution in [1.29, 1.82) is 0 Å². The Labute approximate surface area is 178 Å². The van der Waals surface area contributed by atoms with Gasteiger partial charge in [0, 0.05) is 5.56 Å². The molecule has 2 N–H and O–H groups in total. The molecule has 5 nitrogen and oxygen atoms in total. The Morgan fingerprint density at radius 1 is 0.677 bits per heavy atom. The van der Waals surface area contributed by atoms with E-state index in [9.17, 15) is 19.8 Å². The molecular formula is C26H16O5. The number of carboxylic acids is 2. The zero-order chi connectivity index (χ0) is 21.8. The summed E-state index contributed by atoms with van der Waals surface area (Å²) < 4.78 is 5.82. The van der Waals surface area contributed by atoms with Gasteiger partial charge in [-0.15, -0.1) is 0 Å². The van der Waals surface area contributed by atoms with Crippen LogP contribution >= 0.6 is 0 Å². The molecule has 0 bridgehead atoms. The molecule has 4 aromatic carbocycles. The highest BCUT2D eigenvalue weighted by Gasteiger charge is 2.13. The van der Waals surface area contributed by atoms with E-state index < -0.39 is 11.9 Å². The molecule has 31 heavy (non-hydrogen) atoms. The lowest BCUT2D eigenvalue weighted by Gasteiger charge is -2.09. The van der Waals surface area contributed by atoms with E-state index >= 15 is 0 Å². The minimum absolute atomic E-state index is 0.109. The van der Waals surface area contributed by atoms with Gasteiger partial charge in [-0.3, -0.25) is 0 Å². The molecule has 0 aliphatic rings. The van der Waals surface area contributed by atoms with E-state index in [0.717, 1.165) is 22.4 Å². The number of ether oxygens (including phenoxy) is 1. The summed E-state index contributed by atoms with van der Waals surface area (Å²) >= 11 is 0. The average Bonchev–Trinajstić information content (AvgIpc) is 2.78. The summed E-state index contributed by atoms with van der Waals surface area (Å²) in [6.45, 7) is 0. The van der Waals surface area contributed by atoms with Gasteiger partial charge >= 0.3 is 11.9 Å². The van der Waals surface area contributed by atoms with E-state index in [2.05, 4.69) is 11.8 Å². The van der Waals surface area contributed by atoms with Crippen LogP contribution in [-0.2, 0) is 0 Å². The van der Waals surface area contributed by atoms with Gasteiger partial charge in [0.15, 0.2) is 0 Å². The molecule has 0 saturated carbocycles. The average molecular weight is 408 g/mol. The van der Waals surface area contributed by atoms with Crippen LogP contribution in [0.25, 0.3) is 10.8 Å². The Kier molecular flexibility index (Phi) is 5.37. The summed E-state index contributed by atoms with van der Waals surface area (Å²) in [6.07, 6.45) is 0. The first-order valence-corrected chi connectivity index (χ1v) is 9.39. The van der Waals surface area contributed by atoms with Gasteiger partial charge in [-0.05, 0) is 53.2 Å². The van der Waals surface area contributed by atoms with E-state index in [0.29, 0.717) is 11.3 Å². The van der Waals surface area contributed by atoms with Crippen molar-refractivity contribution in [2.24, 2.45) is 0 Å². The lowest BCUT2D eigenvalue weighted by molar-refractivity contribution is 0.0696. The van der Waals surface area contributed by atoms with Crippen LogP contribution in [0.3, 0.4) is 0 Å². The van der Waals surface area contributed by atoms with Crippen molar-refractivity contribution in [2.45, 2.75) is 0 Å². The summed E-state index contributed by atoms with van der Waals surface area (Å²) in [5.74, 6) is 4.23. The van der Waals surface area contributed by atoms with E-state index in [1.165, 1.54) is 12.1 Å². The van der Waals surface area contributed by atoms with Crippen molar-refractivity contribution in [3.05, 3.63) is 107 Å². The van der Waals surface area contributed by atoms with E-state index in [1.54, 1.807) is 18.2 Å². The van der Waals surface area contributed by atoms with Crippen molar-refractivity contribution in [1.82, 2.24) is 0 Å². The molecule has 150 valence electrons. The maximum absolute atomic E-state index is 11.3. The van der Waals surface area contributed by atoms with Gasteiger partial charge in [0.1, 0.15) is 11.5 Å². The summed E-state index contributed by atoms with van der Waals surface area (Å²) in [4.78, 5) is 22.7.